The van der Waals surface area contributed by atoms with Crippen molar-refractivity contribution in [3.63, 3.8) is 0 Å². The van der Waals surface area contributed by atoms with Crippen LogP contribution in [0.1, 0.15) is 24.8 Å². The van der Waals surface area contributed by atoms with Crippen molar-refractivity contribution in [3.8, 4) is 0 Å². The van der Waals surface area contributed by atoms with Crippen LogP contribution in [-0.2, 0) is 7.05 Å². The highest BCUT2D eigenvalue weighted by Crippen LogP contribution is 2.31. The molecule has 1 atom stereocenters. The van der Waals surface area contributed by atoms with Gasteiger partial charge in [-0.3, -0.25) is 4.68 Å². The second-order valence-corrected chi connectivity index (χ2v) is 4.49. The van der Waals surface area contributed by atoms with Crippen LogP contribution in [0.5, 0.6) is 0 Å². The zero-order valence-electron chi connectivity index (χ0n) is 9.57. The Bertz CT molecular complexity index is 504. The number of aromatic nitrogens is 2. The molecule has 0 radical (unpaired) electrons. The predicted octanol–water partition coefficient (Wildman–Crippen LogP) is 2.68. The third-order valence-corrected chi connectivity index (χ3v) is 3.26. The van der Waals surface area contributed by atoms with E-state index >= 15 is 0 Å². The summed E-state index contributed by atoms with van der Waals surface area (Å²) in [5, 5.41) is 5.89. The van der Waals surface area contributed by atoms with Gasteiger partial charge in [0.25, 0.3) is 0 Å². The number of hydrogen-bond donors (Lipinski definition) is 1. The Morgan fingerprint density at radius 3 is 2.94 bits per heavy atom. The molecule has 1 aromatic carbocycles. The third-order valence-electron chi connectivity index (χ3n) is 3.00. The Balaban J connectivity index is 2.61. The van der Waals surface area contributed by atoms with Crippen molar-refractivity contribution >= 4 is 22.5 Å². The van der Waals surface area contributed by atoms with Gasteiger partial charge in [0.2, 0.25) is 0 Å². The molecule has 2 rings (SSSR count). The van der Waals surface area contributed by atoms with Crippen LogP contribution in [0, 0.1) is 0 Å². The molecule has 0 saturated heterocycles. The molecule has 0 aliphatic heterocycles. The van der Waals surface area contributed by atoms with Gasteiger partial charge in [-0.15, -0.1) is 0 Å². The summed E-state index contributed by atoms with van der Waals surface area (Å²) in [5.74, 6) is 0.412. The molecule has 0 bridgehead atoms. The molecule has 0 amide bonds. The van der Waals surface area contributed by atoms with Crippen molar-refractivity contribution in [2.75, 3.05) is 6.54 Å². The van der Waals surface area contributed by atoms with E-state index in [0.717, 1.165) is 17.3 Å². The summed E-state index contributed by atoms with van der Waals surface area (Å²) in [6.45, 7) is 2.86. The number of fused-ring (bicyclic) bond motifs is 1. The molecule has 1 unspecified atom stereocenters. The van der Waals surface area contributed by atoms with Crippen molar-refractivity contribution in [1.29, 1.82) is 0 Å². The van der Waals surface area contributed by atoms with Gasteiger partial charge in [0, 0.05) is 12.4 Å². The highest BCUT2D eigenvalue weighted by atomic mass is 35.5. The Morgan fingerprint density at radius 2 is 2.25 bits per heavy atom. The Hall–Kier alpha value is -1.06. The number of halogens is 1. The summed E-state index contributed by atoms with van der Waals surface area (Å²) in [6, 6.07) is 6.19. The second-order valence-electron chi connectivity index (χ2n) is 4.13. The summed E-state index contributed by atoms with van der Waals surface area (Å²) >= 11 is 6.16. The molecule has 2 aromatic rings. The minimum absolute atomic E-state index is 0.412. The van der Waals surface area contributed by atoms with Gasteiger partial charge in [-0.2, -0.15) is 5.10 Å². The van der Waals surface area contributed by atoms with Gasteiger partial charge in [-0.25, -0.2) is 0 Å². The van der Waals surface area contributed by atoms with Gasteiger partial charge in [0.15, 0.2) is 5.15 Å². The van der Waals surface area contributed by atoms with Crippen molar-refractivity contribution in [3.05, 3.63) is 28.9 Å². The molecule has 2 N–H and O–H groups in total. The van der Waals surface area contributed by atoms with Crippen LogP contribution in [0.25, 0.3) is 10.9 Å². The first-order chi connectivity index (χ1) is 7.65. The van der Waals surface area contributed by atoms with Gasteiger partial charge < -0.3 is 5.73 Å². The molecule has 16 heavy (non-hydrogen) atoms. The largest absolute Gasteiger partial charge is 0.330 e. The van der Waals surface area contributed by atoms with Crippen LogP contribution in [0.15, 0.2) is 18.2 Å². The number of aryl methyl sites for hydroxylation is 1. The smallest absolute Gasteiger partial charge is 0.159 e. The molecule has 1 aromatic heterocycles. The van der Waals surface area contributed by atoms with Crippen molar-refractivity contribution in [2.24, 2.45) is 12.8 Å². The van der Waals surface area contributed by atoms with E-state index in [1.165, 1.54) is 5.56 Å². The van der Waals surface area contributed by atoms with Crippen LogP contribution < -0.4 is 5.73 Å². The second kappa shape index (κ2) is 4.44. The highest BCUT2D eigenvalue weighted by molar-refractivity contribution is 6.34. The van der Waals surface area contributed by atoms with E-state index in [1.807, 2.05) is 23.9 Å². The van der Waals surface area contributed by atoms with Gasteiger partial charge in [0.1, 0.15) is 0 Å². The lowest BCUT2D eigenvalue weighted by Gasteiger charge is -2.11. The number of rotatable bonds is 3. The Kier molecular flexibility index (Phi) is 3.17. The first-order valence-electron chi connectivity index (χ1n) is 5.46. The minimum atomic E-state index is 0.412. The van der Waals surface area contributed by atoms with E-state index < -0.39 is 0 Å². The number of nitrogens with two attached hydrogens (primary N) is 1. The van der Waals surface area contributed by atoms with Crippen molar-refractivity contribution in [2.45, 2.75) is 19.3 Å². The monoisotopic (exact) mass is 237 g/mol. The molecule has 4 heteroatoms. The molecule has 0 saturated carbocycles. The van der Waals surface area contributed by atoms with Crippen molar-refractivity contribution in [1.82, 2.24) is 9.78 Å². The van der Waals surface area contributed by atoms with Gasteiger partial charge in [-0.05, 0) is 30.5 Å². The maximum absolute atomic E-state index is 6.16. The Morgan fingerprint density at radius 1 is 1.50 bits per heavy atom. The topological polar surface area (TPSA) is 43.8 Å². The summed E-state index contributed by atoms with van der Waals surface area (Å²) in [7, 11) is 1.91. The number of benzene rings is 1. The summed E-state index contributed by atoms with van der Waals surface area (Å²) in [5.41, 5.74) is 7.91. The minimum Gasteiger partial charge on any atom is -0.330 e. The molecule has 0 aliphatic carbocycles. The molecular formula is C12H16ClN3. The maximum atomic E-state index is 6.16. The van der Waals surface area contributed by atoms with Gasteiger partial charge in [0.05, 0.1) is 5.52 Å². The molecule has 86 valence electrons. The first-order valence-corrected chi connectivity index (χ1v) is 5.84. The molecular weight excluding hydrogens is 222 g/mol. The third kappa shape index (κ3) is 1.81. The average molecular weight is 238 g/mol. The SMILES string of the molecule is CC(CCN)c1cccc2c1c(Cl)nn2C. The van der Waals surface area contributed by atoms with E-state index in [4.69, 9.17) is 17.3 Å². The maximum Gasteiger partial charge on any atom is 0.159 e. The Labute approximate surface area is 100 Å². The van der Waals surface area contributed by atoms with E-state index in [-0.39, 0.29) is 0 Å². The lowest BCUT2D eigenvalue weighted by Crippen LogP contribution is -2.04. The van der Waals surface area contributed by atoms with Crippen LogP contribution in [0.3, 0.4) is 0 Å². The lowest BCUT2D eigenvalue weighted by molar-refractivity contribution is 0.695. The van der Waals surface area contributed by atoms with E-state index in [1.54, 1.807) is 0 Å². The fourth-order valence-electron chi connectivity index (χ4n) is 2.10. The van der Waals surface area contributed by atoms with Crippen LogP contribution in [0.2, 0.25) is 5.15 Å². The predicted molar refractivity (Wildman–Crippen MR) is 67.8 cm³/mol. The normalized spacial score (nSPS) is 13.2. The van der Waals surface area contributed by atoms with E-state index in [0.29, 0.717) is 17.6 Å². The fraction of sp³-hybridized carbons (Fsp3) is 0.417. The molecule has 0 fully saturated rings. The average Bonchev–Trinajstić information content (AvgIpc) is 2.55. The zero-order chi connectivity index (χ0) is 11.7. The first kappa shape index (κ1) is 11.4. The van der Waals surface area contributed by atoms with Crippen molar-refractivity contribution < 1.29 is 0 Å². The van der Waals surface area contributed by atoms with Crippen LogP contribution in [0.4, 0.5) is 0 Å². The zero-order valence-corrected chi connectivity index (χ0v) is 10.3. The van der Waals surface area contributed by atoms with Gasteiger partial charge in [-0.1, -0.05) is 30.7 Å². The lowest BCUT2D eigenvalue weighted by atomic mass is 9.95. The van der Waals surface area contributed by atoms with Gasteiger partial charge >= 0.3 is 0 Å². The molecule has 0 spiro atoms. The molecule has 0 aliphatic rings. The molecule has 3 nitrogen and oxygen atoms in total. The van der Waals surface area contributed by atoms with E-state index in [2.05, 4.69) is 18.1 Å². The number of hydrogen-bond acceptors (Lipinski definition) is 2. The van der Waals surface area contributed by atoms with E-state index in [9.17, 15) is 0 Å². The summed E-state index contributed by atoms with van der Waals surface area (Å²) in [6.07, 6.45) is 0.963. The molecule has 1 heterocycles. The standard InChI is InChI=1S/C12H16ClN3/c1-8(6-7-14)9-4-3-5-10-11(9)12(13)15-16(10)2/h3-5,8H,6-7,14H2,1-2H3. The quantitative estimate of drug-likeness (QED) is 0.892. The number of nitrogens with zero attached hydrogens (tertiary/aromatic N) is 2. The highest BCUT2D eigenvalue weighted by Gasteiger charge is 2.14. The van der Waals surface area contributed by atoms with Crippen LogP contribution >= 0.6 is 11.6 Å². The fourth-order valence-corrected chi connectivity index (χ4v) is 2.42. The van der Waals surface area contributed by atoms with Crippen LogP contribution in [-0.4, -0.2) is 16.3 Å². The summed E-state index contributed by atoms with van der Waals surface area (Å²) < 4.78 is 1.82. The summed E-state index contributed by atoms with van der Waals surface area (Å²) in [4.78, 5) is 0.